The Labute approximate surface area is 152 Å². The van der Waals surface area contributed by atoms with Crippen molar-refractivity contribution in [2.75, 3.05) is 13.1 Å². The maximum absolute atomic E-state index is 6.28. The highest BCUT2D eigenvalue weighted by Crippen LogP contribution is 2.20. The van der Waals surface area contributed by atoms with Crippen LogP contribution in [0.3, 0.4) is 0 Å². The number of fused-ring (bicyclic) bond motifs is 1. The number of hydrogen-bond donors (Lipinski definition) is 0. The summed E-state index contributed by atoms with van der Waals surface area (Å²) in [5.41, 5.74) is 1.09. The molecule has 1 aromatic carbocycles. The summed E-state index contributed by atoms with van der Waals surface area (Å²) >= 11 is 6.28. The van der Waals surface area contributed by atoms with Crippen LogP contribution < -0.4 is 0 Å². The van der Waals surface area contributed by atoms with Crippen LogP contribution in [-0.2, 0) is 26.1 Å². The summed E-state index contributed by atoms with van der Waals surface area (Å²) in [6.07, 6.45) is 4.60. The van der Waals surface area contributed by atoms with Crippen molar-refractivity contribution in [2.24, 2.45) is 0 Å². The number of aromatic nitrogens is 5. The van der Waals surface area contributed by atoms with Gasteiger partial charge in [0.05, 0.1) is 6.54 Å². The van der Waals surface area contributed by atoms with Crippen molar-refractivity contribution in [3.05, 3.63) is 64.7 Å². The average molecular weight is 357 g/mol. The number of halogens is 1. The van der Waals surface area contributed by atoms with Gasteiger partial charge in [-0.05, 0) is 18.6 Å². The van der Waals surface area contributed by atoms with Crippen molar-refractivity contribution < 1.29 is 0 Å². The quantitative estimate of drug-likeness (QED) is 0.705. The second-order valence-corrected chi connectivity index (χ2v) is 6.80. The third-order valence-corrected chi connectivity index (χ3v) is 5.16. The van der Waals surface area contributed by atoms with Gasteiger partial charge in [-0.2, -0.15) is 0 Å². The molecule has 0 saturated carbocycles. The molecule has 0 amide bonds. The van der Waals surface area contributed by atoms with Crippen LogP contribution in [-0.4, -0.2) is 42.3 Å². The van der Waals surface area contributed by atoms with Gasteiger partial charge >= 0.3 is 0 Å². The molecule has 0 spiro atoms. The van der Waals surface area contributed by atoms with Gasteiger partial charge in [-0.15, -0.1) is 10.2 Å². The predicted octanol–water partition coefficient (Wildman–Crippen LogP) is 2.54. The molecule has 2 aromatic heterocycles. The number of hydrogen-bond acceptors (Lipinski definition) is 4. The van der Waals surface area contributed by atoms with Gasteiger partial charge in [-0.1, -0.05) is 29.8 Å². The van der Waals surface area contributed by atoms with Crippen LogP contribution >= 0.6 is 11.6 Å². The zero-order valence-electron chi connectivity index (χ0n) is 14.3. The molecule has 1 aliphatic heterocycles. The molecule has 3 aromatic rings. The summed E-state index contributed by atoms with van der Waals surface area (Å²) in [6, 6.07) is 7.93. The van der Waals surface area contributed by atoms with Gasteiger partial charge in [-0.25, -0.2) is 4.98 Å². The number of aryl methyl sites for hydroxylation is 1. The molecule has 0 atom stereocenters. The normalized spacial score (nSPS) is 14.6. The summed E-state index contributed by atoms with van der Waals surface area (Å²) < 4.78 is 4.42. The molecule has 0 fully saturated rings. The van der Waals surface area contributed by atoms with Crippen molar-refractivity contribution in [3.63, 3.8) is 0 Å². The van der Waals surface area contributed by atoms with Crippen LogP contribution in [0.25, 0.3) is 0 Å². The Bertz CT molecular complexity index is 868. The van der Waals surface area contributed by atoms with E-state index in [2.05, 4.69) is 29.2 Å². The number of rotatable bonds is 5. The fourth-order valence-corrected chi connectivity index (χ4v) is 3.49. The first-order chi connectivity index (χ1) is 12.2. The highest BCUT2D eigenvalue weighted by atomic mass is 35.5. The van der Waals surface area contributed by atoms with Crippen molar-refractivity contribution in [3.8, 4) is 0 Å². The van der Waals surface area contributed by atoms with E-state index in [1.807, 2.05) is 43.6 Å². The van der Waals surface area contributed by atoms with Crippen LogP contribution in [0.1, 0.15) is 23.0 Å². The fraction of sp³-hybridized carbons (Fsp3) is 0.389. The standard InChI is InChI=1S/C18H21ClN6/c1-14-20-6-7-24(14)10-8-23-9-11-25-17(21-22-18(25)13-23)12-15-4-2-3-5-16(15)19/h2-7H,8-13H2,1H3. The molecule has 0 aliphatic carbocycles. The van der Waals surface area contributed by atoms with Crippen molar-refractivity contribution in [1.29, 1.82) is 0 Å². The molecule has 25 heavy (non-hydrogen) atoms. The molecule has 130 valence electrons. The molecule has 3 heterocycles. The van der Waals surface area contributed by atoms with E-state index >= 15 is 0 Å². The first-order valence-electron chi connectivity index (χ1n) is 8.55. The summed E-state index contributed by atoms with van der Waals surface area (Å²) in [7, 11) is 0. The van der Waals surface area contributed by atoms with E-state index in [1.165, 1.54) is 0 Å². The predicted molar refractivity (Wildman–Crippen MR) is 96.5 cm³/mol. The van der Waals surface area contributed by atoms with Crippen LogP contribution in [0.15, 0.2) is 36.7 Å². The number of imidazole rings is 1. The molecule has 6 nitrogen and oxygen atoms in total. The molecular formula is C18H21ClN6. The van der Waals surface area contributed by atoms with E-state index in [-0.39, 0.29) is 0 Å². The monoisotopic (exact) mass is 356 g/mol. The minimum Gasteiger partial charge on any atom is -0.334 e. The maximum atomic E-state index is 6.28. The molecule has 7 heteroatoms. The summed E-state index contributed by atoms with van der Waals surface area (Å²) in [6.45, 7) is 6.74. The molecule has 1 aliphatic rings. The van der Waals surface area contributed by atoms with E-state index < -0.39 is 0 Å². The van der Waals surface area contributed by atoms with Gasteiger partial charge in [0.1, 0.15) is 17.5 Å². The van der Waals surface area contributed by atoms with Crippen LogP contribution in [0, 0.1) is 6.92 Å². The Morgan fingerprint density at radius 2 is 2.00 bits per heavy atom. The van der Waals surface area contributed by atoms with Crippen molar-refractivity contribution in [1.82, 2.24) is 29.2 Å². The summed E-state index contributed by atoms with van der Waals surface area (Å²) in [5.74, 6) is 3.09. The number of nitrogens with zero attached hydrogens (tertiary/aromatic N) is 6. The molecule has 4 rings (SSSR count). The van der Waals surface area contributed by atoms with E-state index in [1.54, 1.807) is 0 Å². The Kier molecular flexibility index (Phi) is 4.55. The van der Waals surface area contributed by atoms with Gasteiger partial charge in [0.25, 0.3) is 0 Å². The highest BCUT2D eigenvalue weighted by Gasteiger charge is 2.21. The first kappa shape index (κ1) is 16.3. The number of benzene rings is 1. The lowest BCUT2D eigenvalue weighted by atomic mass is 10.1. The lowest BCUT2D eigenvalue weighted by Gasteiger charge is -2.28. The Morgan fingerprint density at radius 3 is 2.80 bits per heavy atom. The van der Waals surface area contributed by atoms with Gasteiger partial charge in [0.15, 0.2) is 0 Å². The Morgan fingerprint density at radius 1 is 1.12 bits per heavy atom. The highest BCUT2D eigenvalue weighted by molar-refractivity contribution is 6.31. The fourth-order valence-electron chi connectivity index (χ4n) is 3.29. The molecule has 0 unspecified atom stereocenters. The molecule has 0 N–H and O–H groups in total. The van der Waals surface area contributed by atoms with Gasteiger partial charge in [0.2, 0.25) is 0 Å². The molecule has 0 bridgehead atoms. The van der Waals surface area contributed by atoms with Crippen molar-refractivity contribution >= 4 is 11.6 Å². The van der Waals surface area contributed by atoms with E-state index in [4.69, 9.17) is 11.6 Å². The van der Waals surface area contributed by atoms with E-state index in [0.29, 0.717) is 0 Å². The average Bonchev–Trinajstić information content (AvgIpc) is 3.21. The molecule has 0 radical (unpaired) electrons. The zero-order valence-corrected chi connectivity index (χ0v) is 15.0. The van der Waals surface area contributed by atoms with Gasteiger partial charge in [0, 0.05) is 50.0 Å². The van der Waals surface area contributed by atoms with E-state index in [0.717, 1.165) is 67.2 Å². The first-order valence-corrected chi connectivity index (χ1v) is 8.93. The largest absolute Gasteiger partial charge is 0.334 e. The third kappa shape index (κ3) is 3.45. The van der Waals surface area contributed by atoms with Gasteiger partial charge in [-0.3, -0.25) is 4.90 Å². The molecular weight excluding hydrogens is 336 g/mol. The maximum Gasteiger partial charge on any atom is 0.147 e. The minimum absolute atomic E-state index is 0.723. The smallest absolute Gasteiger partial charge is 0.147 e. The summed E-state index contributed by atoms with van der Waals surface area (Å²) in [4.78, 5) is 6.69. The van der Waals surface area contributed by atoms with Crippen LogP contribution in [0.5, 0.6) is 0 Å². The van der Waals surface area contributed by atoms with Gasteiger partial charge < -0.3 is 9.13 Å². The lowest BCUT2D eigenvalue weighted by Crippen LogP contribution is -2.36. The van der Waals surface area contributed by atoms with Crippen LogP contribution in [0.4, 0.5) is 0 Å². The second kappa shape index (κ2) is 6.98. The zero-order chi connectivity index (χ0) is 17.2. The minimum atomic E-state index is 0.723. The summed E-state index contributed by atoms with van der Waals surface area (Å²) in [5, 5.41) is 9.59. The SMILES string of the molecule is Cc1nccn1CCN1CCn2c(Cc3ccccc3Cl)nnc2C1. The second-order valence-electron chi connectivity index (χ2n) is 6.40. The topological polar surface area (TPSA) is 51.8 Å². The van der Waals surface area contributed by atoms with Crippen molar-refractivity contribution in [2.45, 2.75) is 33.0 Å². The lowest BCUT2D eigenvalue weighted by molar-refractivity contribution is 0.207. The van der Waals surface area contributed by atoms with E-state index in [9.17, 15) is 0 Å². The van der Waals surface area contributed by atoms with Crippen LogP contribution in [0.2, 0.25) is 5.02 Å². The Balaban J connectivity index is 1.42. The Hall–Kier alpha value is -2.18. The third-order valence-electron chi connectivity index (χ3n) is 4.80. The molecule has 0 saturated heterocycles.